The molecule has 0 radical (unpaired) electrons. The second-order valence-corrected chi connectivity index (χ2v) is 6.62. The SMILES string of the molecule is COC(=O)C(C(=O)CBr)N1C(=O)[C@H](N2C(=O)c3ccccc3C2=O)[C@H]1Cl. The molecule has 1 fully saturated rings. The van der Waals surface area contributed by atoms with E-state index in [2.05, 4.69) is 20.7 Å². The Bertz CT molecular complexity index is 793. The predicted molar refractivity (Wildman–Crippen MR) is 91.8 cm³/mol. The van der Waals surface area contributed by atoms with Crippen LogP contribution in [0.25, 0.3) is 0 Å². The Balaban J connectivity index is 1.89. The van der Waals surface area contributed by atoms with Gasteiger partial charge in [-0.2, -0.15) is 0 Å². The molecular formula is C16H12BrClN2O6. The van der Waals surface area contributed by atoms with E-state index in [1.54, 1.807) is 12.1 Å². The molecular weight excluding hydrogens is 432 g/mol. The summed E-state index contributed by atoms with van der Waals surface area (Å²) in [6, 6.07) is 3.32. The van der Waals surface area contributed by atoms with Gasteiger partial charge in [0, 0.05) is 0 Å². The van der Waals surface area contributed by atoms with Crippen molar-refractivity contribution in [1.29, 1.82) is 0 Å². The number of imide groups is 1. The Kier molecular flexibility index (Phi) is 4.85. The molecule has 2 heterocycles. The monoisotopic (exact) mass is 442 g/mol. The first-order valence-electron chi connectivity index (χ1n) is 7.44. The summed E-state index contributed by atoms with van der Waals surface area (Å²) in [6.07, 6.45) is 0. The predicted octanol–water partition coefficient (Wildman–Crippen LogP) is 0.564. The van der Waals surface area contributed by atoms with Gasteiger partial charge < -0.3 is 9.64 Å². The van der Waals surface area contributed by atoms with Gasteiger partial charge in [0.05, 0.1) is 23.6 Å². The molecule has 1 aromatic rings. The topological polar surface area (TPSA) is 101 Å². The van der Waals surface area contributed by atoms with Gasteiger partial charge in [0.25, 0.3) is 17.7 Å². The number of alkyl halides is 2. The van der Waals surface area contributed by atoms with Gasteiger partial charge in [-0.25, -0.2) is 4.79 Å². The van der Waals surface area contributed by atoms with E-state index in [1.165, 1.54) is 12.1 Å². The third kappa shape index (κ3) is 2.53. The fourth-order valence-corrected chi connectivity index (χ4v) is 3.75. The molecule has 0 spiro atoms. The highest BCUT2D eigenvalue weighted by Crippen LogP contribution is 2.36. The van der Waals surface area contributed by atoms with E-state index in [-0.39, 0.29) is 16.5 Å². The molecule has 1 saturated heterocycles. The van der Waals surface area contributed by atoms with Crippen LogP contribution in [0.5, 0.6) is 0 Å². The Morgan fingerprint density at radius 1 is 1.19 bits per heavy atom. The van der Waals surface area contributed by atoms with Crippen LogP contribution in [0.4, 0.5) is 0 Å². The lowest BCUT2D eigenvalue weighted by atomic mass is 9.99. The zero-order chi connectivity index (χ0) is 19.2. The summed E-state index contributed by atoms with van der Waals surface area (Å²) in [5.41, 5.74) is -0.876. The summed E-state index contributed by atoms with van der Waals surface area (Å²) in [5.74, 6) is -3.64. The molecule has 0 saturated carbocycles. The van der Waals surface area contributed by atoms with Crippen molar-refractivity contribution in [2.75, 3.05) is 12.4 Å². The van der Waals surface area contributed by atoms with E-state index in [4.69, 9.17) is 11.6 Å². The molecule has 3 amide bonds. The van der Waals surface area contributed by atoms with Crippen LogP contribution in [-0.2, 0) is 19.1 Å². The Morgan fingerprint density at radius 2 is 1.73 bits per heavy atom. The molecule has 0 N–H and O–H groups in total. The van der Waals surface area contributed by atoms with Crippen LogP contribution in [0.1, 0.15) is 20.7 Å². The number of benzene rings is 1. The molecule has 2 aliphatic heterocycles. The van der Waals surface area contributed by atoms with Crippen molar-refractivity contribution < 1.29 is 28.7 Å². The number of likely N-dealkylation sites (tertiary alicyclic amines) is 1. The number of ketones is 1. The smallest absolute Gasteiger partial charge is 0.336 e. The highest BCUT2D eigenvalue weighted by Gasteiger charge is 2.59. The number of esters is 1. The van der Waals surface area contributed by atoms with E-state index in [1.807, 2.05) is 0 Å². The zero-order valence-corrected chi connectivity index (χ0v) is 15.7. The summed E-state index contributed by atoms with van der Waals surface area (Å²) in [5, 5.41) is -0.197. The van der Waals surface area contributed by atoms with Crippen LogP contribution in [0.2, 0.25) is 0 Å². The minimum absolute atomic E-state index is 0.175. The number of amides is 3. The van der Waals surface area contributed by atoms with Gasteiger partial charge in [-0.15, -0.1) is 0 Å². The lowest BCUT2D eigenvalue weighted by Gasteiger charge is -2.48. The van der Waals surface area contributed by atoms with Gasteiger partial charge in [-0.3, -0.25) is 24.1 Å². The van der Waals surface area contributed by atoms with Crippen LogP contribution in [0.3, 0.4) is 0 Å². The summed E-state index contributed by atoms with van der Waals surface area (Å²) >= 11 is 9.15. The van der Waals surface area contributed by atoms with E-state index in [0.29, 0.717) is 0 Å². The Hall–Kier alpha value is -2.26. The van der Waals surface area contributed by atoms with Crippen LogP contribution in [0, 0.1) is 0 Å². The molecule has 26 heavy (non-hydrogen) atoms. The lowest BCUT2D eigenvalue weighted by Crippen LogP contribution is -2.74. The van der Waals surface area contributed by atoms with Crippen molar-refractivity contribution in [3.05, 3.63) is 35.4 Å². The van der Waals surface area contributed by atoms with Gasteiger partial charge in [0.2, 0.25) is 0 Å². The molecule has 136 valence electrons. The number of Topliss-reactive ketones (excluding diaryl/α,β-unsaturated/α-hetero) is 1. The second kappa shape index (κ2) is 6.81. The number of hydrogen-bond donors (Lipinski definition) is 0. The van der Waals surface area contributed by atoms with Crippen LogP contribution in [-0.4, -0.2) is 69.3 Å². The minimum atomic E-state index is -1.54. The number of hydrogen-bond acceptors (Lipinski definition) is 6. The quantitative estimate of drug-likeness (QED) is 0.165. The van der Waals surface area contributed by atoms with Crippen LogP contribution < -0.4 is 0 Å². The molecule has 0 bridgehead atoms. The number of nitrogens with zero attached hydrogens (tertiary/aromatic N) is 2. The number of rotatable bonds is 5. The Morgan fingerprint density at radius 3 is 2.15 bits per heavy atom. The molecule has 1 aromatic carbocycles. The summed E-state index contributed by atoms with van der Waals surface area (Å²) in [7, 11) is 1.08. The van der Waals surface area contributed by atoms with Crippen molar-refractivity contribution in [2.45, 2.75) is 17.6 Å². The first-order valence-corrected chi connectivity index (χ1v) is 9.00. The van der Waals surface area contributed by atoms with Crippen molar-refractivity contribution >= 4 is 57.0 Å². The third-order valence-corrected chi connectivity index (χ3v) is 5.28. The first kappa shape index (κ1) is 18.5. The fraction of sp³-hybridized carbons (Fsp3) is 0.312. The fourth-order valence-electron chi connectivity index (χ4n) is 3.01. The molecule has 8 nitrogen and oxygen atoms in total. The number of methoxy groups -OCH3 is 1. The third-order valence-electron chi connectivity index (χ3n) is 4.28. The summed E-state index contributed by atoms with van der Waals surface area (Å²) in [6.45, 7) is 0. The lowest BCUT2D eigenvalue weighted by molar-refractivity contribution is -0.168. The van der Waals surface area contributed by atoms with Gasteiger partial charge in [0.15, 0.2) is 17.9 Å². The molecule has 1 unspecified atom stereocenters. The van der Waals surface area contributed by atoms with Crippen LogP contribution >= 0.6 is 27.5 Å². The summed E-state index contributed by atoms with van der Waals surface area (Å²) in [4.78, 5) is 63.1. The maximum absolute atomic E-state index is 12.6. The maximum Gasteiger partial charge on any atom is 0.336 e. The standard InChI is InChI=1S/C16H12BrClN2O6/c1-26-16(25)10(9(21)6-17)19-12(18)11(15(19)24)20-13(22)7-4-2-3-5-8(7)14(20)23/h2-5,10-12H,6H2,1H3/t10?,11-,12+/m1/s1. The summed E-state index contributed by atoms with van der Waals surface area (Å²) < 4.78 is 4.56. The zero-order valence-electron chi connectivity index (χ0n) is 13.3. The highest BCUT2D eigenvalue weighted by molar-refractivity contribution is 9.09. The van der Waals surface area contributed by atoms with Crippen molar-refractivity contribution in [3.63, 3.8) is 0 Å². The molecule has 10 heteroatoms. The Labute approximate surface area is 161 Å². The van der Waals surface area contributed by atoms with E-state index < -0.39 is 47.1 Å². The largest absolute Gasteiger partial charge is 0.467 e. The van der Waals surface area contributed by atoms with E-state index >= 15 is 0 Å². The number of fused-ring (bicyclic) bond motifs is 1. The number of halogens is 2. The number of carbonyl (C=O) groups excluding carboxylic acids is 5. The first-order chi connectivity index (χ1) is 12.3. The van der Waals surface area contributed by atoms with Crippen molar-refractivity contribution in [2.24, 2.45) is 0 Å². The molecule has 0 aliphatic carbocycles. The highest BCUT2D eigenvalue weighted by atomic mass is 79.9. The van der Waals surface area contributed by atoms with E-state index in [0.717, 1.165) is 16.9 Å². The number of β-lactam (4-membered cyclic amide) rings is 1. The van der Waals surface area contributed by atoms with Gasteiger partial charge in [0.1, 0.15) is 5.50 Å². The molecule has 3 atom stereocenters. The average molecular weight is 444 g/mol. The normalized spacial score (nSPS) is 22.8. The average Bonchev–Trinajstić information content (AvgIpc) is 2.90. The molecule has 2 aliphatic rings. The second-order valence-electron chi connectivity index (χ2n) is 5.61. The number of ether oxygens (including phenoxy) is 1. The minimum Gasteiger partial charge on any atom is -0.467 e. The van der Waals surface area contributed by atoms with Gasteiger partial charge in [-0.1, -0.05) is 39.7 Å². The van der Waals surface area contributed by atoms with Gasteiger partial charge >= 0.3 is 5.97 Å². The molecule has 3 rings (SSSR count). The van der Waals surface area contributed by atoms with Crippen LogP contribution in [0.15, 0.2) is 24.3 Å². The maximum atomic E-state index is 12.6. The van der Waals surface area contributed by atoms with E-state index in [9.17, 15) is 24.0 Å². The molecule has 0 aromatic heterocycles. The van der Waals surface area contributed by atoms with Crippen molar-refractivity contribution in [3.8, 4) is 0 Å². The number of carbonyl (C=O) groups is 5. The van der Waals surface area contributed by atoms with Crippen molar-refractivity contribution in [1.82, 2.24) is 9.80 Å². The van der Waals surface area contributed by atoms with Gasteiger partial charge in [-0.05, 0) is 12.1 Å².